The van der Waals surface area contributed by atoms with Crippen LogP contribution in [0.3, 0.4) is 0 Å². The minimum Gasteiger partial charge on any atom is -0.316 e. The van der Waals surface area contributed by atoms with E-state index in [-0.39, 0.29) is 17.1 Å². The number of nitrogens with zero attached hydrogens (tertiary/aromatic N) is 2. The van der Waals surface area contributed by atoms with Crippen molar-refractivity contribution in [2.45, 2.75) is 11.8 Å². The molecule has 6 nitrogen and oxygen atoms in total. The van der Waals surface area contributed by atoms with Crippen molar-refractivity contribution in [1.82, 2.24) is 15.0 Å². The SMILES string of the molecule is CCNCCNS(=O)(=O)c1cccnc1C#N. The summed E-state index contributed by atoms with van der Waals surface area (Å²) >= 11 is 0. The molecule has 0 radical (unpaired) electrons. The van der Waals surface area contributed by atoms with E-state index in [1.165, 1.54) is 18.3 Å². The van der Waals surface area contributed by atoms with Crippen LogP contribution in [-0.2, 0) is 10.0 Å². The Morgan fingerprint density at radius 1 is 1.47 bits per heavy atom. The molecule has 0 saturated heterocycles. The van der Waals surface area contributed by atoms with Crippen LogP contribution >= 0.6 is 0 Å². The van der Waals surface area contributed by atoms with Crippen LogP contribution < -0.4 is 10.0 Å². The number of aromatic nitrogens is 1. The van der Waals surface area contributed by atoms with E-state index in [4.69, 9.17) is 5.26 Å². The third-order valence-electron chi connectivity index (χ3n) is 2.01. The van der Waals surface area contributed by atoms with Crippen molar-refractivity contribution >= 4 is 10.0 Å². The largest absolute Gasteiger partial charge is 0.316 e. The summed E-state index contributed by atoms with van der Waals surface area (Å²) in [6.45, 7) is 3.52. The van der Waals surface area contributed by atoms with Crippen LogP contribution in [0.25, 0.3) is 0 Å². The molecule has 7 heteroatoms. The summed E-state index contributed by atoms with van der Waals surface area (Å²) in [6, 6.07) is 4.61. The molecule has 2 N–H and O–H groups in total. The van der Waals surface area contributed by atoms with Crippen LogP contribution in [0.5, 0.6) is 0 Å². The van der Waals surface area contributed by atoms with Gasteiger partial charge in [-0.15, -0.1) is 0 Å². The average Bonchev–Trinajstić information content (AvgIpc) is 2.34. The number of hydrogen-bond donors (Lipinski definition) is 2. The number of nitrogens with one attached hydrogen (secondary N) is 2. The van der Waals surface area contributed by atoms with Gasteiger partial charge in [-0.25, -0.2) is 18.1 Å². The number of pyridine rings is 1. The Morgan fingerprint density at radius 3 is 2.88 bits per heavy atom. The Balaban J connectivity index is 2.80. The lowest BCUT2D eigenvalue weighted by atomic mass is 10.4. The van der Waals surface area contributed by atoms with Gasteiger partial charge in [-0.1, -0.05) is 6.92 Å². The topological polar surface area (TPSA) is 94.9 Å². The summed E-state index contributed by atoms with van der Waals surface area (Å²) in [5, 5.41) is 11.8. The van der Waals surface area contributed by atoms with Crippen molar-refractivity contribution in [3.63, 3.8) is 0 Å². The highest BCUT2D eigenvalue weighted by atomic mass is 32.2. The van der Waals surface area contributed by atoms with Gasteiger partial charge < -0.3 is 5.32 Å². The molecule has 0 saturated carbocycles. The zero-order valence-electron chi connectivity index (χ0n) is 9.47. The van der Waals surface area contributed by atoms with Crippen LogP contribution in [0.4, 0.5) is 0 Å². The normalized spacial score (nSPS) is 11.1. The molecule has 0 unspecified atom stereocenters. The Kier molecular flexibility index (Phi) is 5.03. The Hall–Kier alpha value is -1.49. The van der Waals surface area contributed by atoms with Gasteiger partial charge in [-0.3, -0.25) is 0 Å². The van der Waals surface area contributed by atoms with Gasteiger partial charge in [0, 0.05) is 19.3 Å². The maximum atomic E-state index is 11.8. The van der Waals surface area contributed by atoms with Crippen molar-refractivity contribution in [3.8, 4) is 6.07 Å². The third kappa shape index (κ3) is 3.78. The first-order valence-electron chi connectivity index (χ1n) is 5.17. The zero-order chi connectivity index (χ0) is 12.7. The fourth-order valence-electron chi connectivity index (χ4n) is 1.22. The number of rotatable bonds is 6. The lowest BCUT2D eigenvalue weighted by molar-refractivity contribution is 0.576. The summed E-state index contributed by atoms with van der Waals surface area (Å²) in [7, 11) is -3.66. The van der Waals surface area contributed by atoms with Gasteiger partial charge in [0.05, 0.1) is 0 Å². The standard InChI is InChI=1S/C10H14N4O2S/c1-2-12-6-7-14-17(15,16)10-4-3-5-13-9(10)8-11/h3-5,12,14H,2,6-7H2,1H3. The van der Waals surface area contributed by atoms with Gasteiger partial charge >= 0.3 is 0 Å². The van der Waals surface area contributed by atoms with E-state index < -0.39 is 10.0 Å². The van der Waals surface area contributed by atoms with Crippen LogP contribution in [0.15, 0.2) is 23.2 Å². The molecule has 0 atom stereocenters. The van der Waals surface area contributed by atoms with Crippen LogP contribution in [-0.4, -0.2) is 33.0 Å². The fraction of sp³-hybridized carbons (Fsp3) is 0.400. The molecule has 0 aromatic carbocycles. The predicted molar refractivity (Wildman–Crippen MR) is 62.7 cm³/mol. The molecule has 1 heterocycles. The van der Waals surface area contributed by atoms with Gasteiger partial charge in [-0.05, 0) is 18.7 Å². The van der Waals surface area contributed by atoms with Crippen LogP contribution in [0, 0.1) is 11.3 Å². The van der Waals surface area contributed by atoms with E-state index in [1.807, 2.05) is 6.92 Å². The Bertz CT molecular complexity index is 507. The molecule has 0 spiro atoms. The quantitative estimate of drug-likeness (QED) is 0.688. The van der Waals surface area contributed by atoms with Crippen molar-refractivity contribution in [2.75, 3.05) is 19.6 Å². The first kappa shape index (κ1) is 13.6. The van der Waals surface area contributed by atoms with Crippen molar-refractivity contribution < 1.29 is 8.42 Å². The molecule has 17 heavy (non-hydrogen) atoms. The smallest absolute Gasteiger partial charge is 0.243 e. The van der Waals surface area contributed by atoms with Crippen molar-refractivity contribution in [2.24, 2.45) is 0 Å². The number of sulfonamides is 1. The maximum Gasteiger partial charge on any atom is 0.243 e. The highest BCUT2D eigenvalue weighted by molar-refractivity contribution is 7.89. The van der Waals surface area contributed by atoms with Crippen LogP contribution in [0.1, 0.15) is 12.6 Å². The number of likely N-dealkylation sites (N-methyl/N-ethyl adjacent to an activating group) is 1. The van der Waals surface area contributed by atoms with E-state index in [0.29, 0.717) is 6.54 Å². The maximum absolute atomic E-state index is 11.8. The molecule has 0 bridgehead atoms. The zero-order valence-corrected chi connectivity index (χ0v) is 10.3. The molecule has 0 aliphatic rings. The lowest BCUT2D eigenvalue weighted by Gasteiger charge is -2.07. The average molecular weight is 254 g/mol. The molecule has 1 aromatic heterocycles. The second-order valence-electron chi connectivity index (χ2n) is 3.21. The van der Waals surface area contributed by atoms with Gasteiger partial charge in [0.2, 0.25) is 10.0 Å². The molecule has 0 amide bonds. The minimum absolute atomic E-state index is 0.0843. The minimum atomic E-state index is -3.66. The van der Waals surface area contributed by atoms with Crippen LogP contribution in [0.2, 0.25) is 0 Å². The third-order valence-corrected chi connectivity index (χ3v) is 3.50. The molecule has 0 aliphatic heterocycles. The second kappa shape index (κ2) is 6.30. The fourth-order valence-corrected chi connectivity index (χ4v) is 2.36. The van der Waals surface area contributed by atoms with Gasteiger partial charge in [-0.2, -0.15) is 5.26 Å². The number of hydrogen-bond acceptors (Lipinski definition) is 5. The highest BCUT2D eigenvalue weighted by Crippen LogP contribution is 2.10. The molecule has 92 valence electrons. The summed E-state index contributed by atoms with van der Waals surface area (Å²) in [5.74, 6) is 0. The molecule has 0 fully saturated rings. The first-order valence-corrected chi connectivity index (χ1v) is 6.65. The lowest BCUT2D eigenvalue weighted by Crippen LogP contribution is -2.32. The Labute approximate surface area is 101 Å². The van der Waals surface area contributed by atoms with Crippen molar-refractivity contribution in [1.29, 1.82) is 5.26 Å². The van der Waals surface area contributed by atoms with Gasteiger partial charge in [0.1, 0.15) is 11.0 Å². The molecule has 0 aliphatic carbocycles. The molecular weight excluding hydrogens is 240 g/mol. The second-order valence-corrected chi connectivity index (χ2v) is 4.95. The summed E-state index contributed by atoms with van der Waals surface area (Å²) < 4.78 is 26.1. The van der Waals surface area contributed by atoms with E-state index in [9.17, 15) is 8.42 Å². The number of nitriles is 1. The van der Waals surface area contributed by atoms with Crippen molar-refractivity contribution in [3.05, 3.63) is 24.0 Å². The predicted octanol–water partition coefficient (Wildman–Crippen LogP) is -0.159. The summed E-state index contributed by atoms with van der Waals surface area (Å²) in [6.07, 6.45) is 1.39. The monoisotopic (exact) mass is 254 g/mol. The van der Waals surface area contributed by atoms with E-state index in [1.54, 1.807) is 6.07 Å². The molecular formula is C10H14N4O2S. The molecule has 1 aromatic rings. The van der Waals surface area contributed by atoms with Gasteiger partial charge in [0.15, 0.2) is 5.69 Å². The van der Waals surface area contributed by atoms with Gasteiger partial charge in [0.25, 0.3) is 0 Å². The molecule has 1 rings (SSSR count). The first-order chi connectivity index (χ1) is 8.11. The highest BCUT2D eigenvalue weighted by Gasteiger charge is 2.18. The van der Waals surface area contributed by atoms with E-state index in [2.05, 4.69) is 15.0 Å². The summed E-state index contributed by atoms with van der Waals surface area (Å²) in [4.78, 5) is 3.63. The van der Waals surface area contributed by atoms with E-state index >= 15 is 0 Å². The summed E-state index contributed by atoms with van der Waals surface area (Å²) in [5.41, 5.74) is -0.0940. The van der Waals surface area contributed by atoms with E-state index in [0.717, 1.165) is 6.54 Å². The Morgan fingerprint density at radius 2 is 2.24 bits per heavy atom.